The van der Waals surface area contributed by atoms with Crippen LogP contribution in [-0.2, 0) is 14.4 Å². The maximum atomic E-state index is 12.2. The van der Waals surface area contributed by atoms with Crippen molar-refractivity contribution in [2.45, 2.75) is 37.8 Å². The van der Waals surface area contributed by atoms with Crippen LogP contribution in [0.2, 0.25) is 0 Å². The van der Waals surface area contributed by atoms with E-state index in [4.69, 9.17) is 16.6 Å². The minimum absolute atomic E-state index is 0.227. The lowest BCUT2D eigenvalue weighted by Crippen LogP contribution is -2.52. The zero-order valence-electron chi connectivity index (χ0n) is 12.8. The summed E-state index contributed by atoms with van der Waals surface area (Å²) in [7, 11) is 0. The number of carboxylic acid groups (broad SMARTS) is 1. The van der Waals surface area contributed by atoms with Crippen LogP contribution >= 0.6 is 11.8 Å². The number of carboxylic acids is 1. The fourth-order valence-electron chi connectivity index (χ4n) is 1.78. The minimum Gasteiger partial charge on any atom is -0.480 e. The first kappa shape index (κ1) is 20.7. The Balaban J connectivity index is 4.68. The SMILES string of the molecule is CSCC[C@H](NC(=O)[C@H](CCCCN)NC(=O)CN)C(=O)O. The Kier molecular flexibility index (Phi) is 11.5. The monoisotopic (exact) mass is 334 g/mol. The highest BCUT2D eigenvalue weighted by Crippen LogP contribution is 2.05. The van der Waals surface area contributed by atoms with Crippen molar-refractivity contribution in [2.24, 2.45) is 11.5 Å². The first-order valence-electron chi connectivity index (χ1n) is 7.17. The van der Waals surface area contributed by atoms with E-state index < -0.39 is 29.9 Å². The Morgan fingerprint density at radius 2 is 1.77 bits per heavy atom. The van der Waals surface area contributed by atoms with Crippen molar-refractivity contribution in [1.82, 2.24) is 10.6 Å². The van der Waals surface area contributed by atoms with Gasteiger partial charge in [-0.3, -0.25) is 9.59 Å². The number of unbranched alkanes of at least 4 members (excludes halogenated alkanes) is 1. The number of carbonyl (C=O) groups excluding carboxylic acids is 2. The molecule has 0 fully saturated rings. The molecule has 9 heteroatoms. The summed E-state index contributed by atoms with van der Waals surface area (Å²) < 4.78 is 0. The molecule has 0 bridgehead atoms. The van der Waals surface area contributed by atoms with Crippen molar-refractivity contribution in [2.75, 3.05) is 25.1 Å². The predicted octanol–water partition coefficient (Wildman–Crippen LogP) is -1.12. The normalized spacial score (nSPS) is 13.2. The topological polar surface area (TPSA) is 148 Å². The van der Waals surface area contributed by atoms with Crippen LogP contribution in [-0.4, -0.2) is 60.1 Å². The molecule has 0 aromatic heterocycles. The van der Waals surface area contributed by atoms with Crippen molar-refractivity contribution >= 4 is 29.5 Å². The lowest BCUT2D eigenvalue weighted by Gasteiger charge is -2.21. The molecule has 0 rings (SSSR count). The molecule has 2 atom stereocenters. The second kappa shape index (κ2) is 12.2. The van der Waals surface area contributed by atoms with Crippen LogP contribution in [0.1, 0.15) is 25.7 Å². The van der Waals surface area contributed by atoms with Crippen LogP contribution in [0, 0.1) is 0 Å². The lowest BCUT2D eigenvalue weighted by atomic mass is 10.1. The van der Waals surface area contributed by atoms with Gasteiger partial charge in [-0.1, -0.05) is 0 Å². The van der Waals surface area contributed by atoms with E-state index in [-0.39, 0.29) is 6.54 Å². The van der Waals surface area contributed by atoms with Gasteiger partial charge in [-0.15, -0.1) is 0 Å². The highest BCUT2D eigenvalue weighted by molar-refractivity contribution is 7.98. The van der Waals surface area contributed by atoms with Gasteiger partial charge in [0.2, 0.25) is 11.8 Å². The van der Waals surface area contributed by atoms with Gasteiger partial charge in [-0.2, -0.15) is 11.8 Å². The maximum Gasteiger partial charge on any atom is 0.326 e. The first-order valence-corrected chi connectivity index (χ1v) is 8.57. The van der Waals surface area contributed by atoms with Crippen LogP contribution in [0.25, 0.3) is 0 Å². The number of hydrogen-bond donors (Lipinski definition) is 5. The smallest absolute Gasteiger partial charge is 0.326 e. The minimum atomic E-state index is -1.09. The second-order valence-corrected chi connectivity index (χ2v) is 5.78. The zero-order chi connectivity index (χ0) is 17.0. The molecule has 7 N–H and O–H groups in total. The third-order valence-electron chi connectivity index (χ3n) is 3.01. The summed E-state index contributed by atoms with van der Waals surface area (Å²) in [5.74, 6) is -1.44. The number of aliphatic carboxylic acids is 1. The Hall–Kier alpha value is -1.32. The van der Waals surface area contributed by atoms with E-state index in [1.807, 2.05) is 6.26 Å². The zero-order valence-corrected chi connectivity index (χ0v) is 13.7. The maximum absolute atomic E-state index is 12.2. The van der Waals surface area contributed by atoms with E-state index in [2.05, 4.69) is 10.6 Å². The van der Waals surface area contributed by atoms with Gasteiger partial charge in [-0.05, 0) is 44.2 Å². The fraction of sp³-hybridized carbons (Fsp3) is 0.769. The number of amides is 2. The standard InChI is InChI=1S/C13H26N4O4S/c1-22-7-5-10(13(20)21)17-12(19)9(4-2-3-6-14)16-11(18)8-15/h9-10H,2-8,14-15H2,1H3,(H,16,18)(H,17,19)(H,20,21)/t9-,10-/m0/s1. The quantitative estimate of drug-likeness (QED) is 0.284. The number of carbonyl (C=O) groups is 3. The first-order chi connectivity index (χ1) is 10.5. The molecule has 128 valence electrons. The second-order valence-electron chi connectivity index (χ2n) is 4.79. The van der Waals surface area contributed by atoms with E-state index in [1.165, 1.54) is 11.8 Å². The number of nitrogens with two attached hydrogens (primary N) is 2. The molecule has 2 amide bonds. The Labute approximate surface area is 134 Å². The van der Waals surface area contributed by atoms with Gasteiger partial charge < -0.3 is 27.2 Å². The van der Waals surface area contributed by atoms with Crippen molar-refractivity contribution in [3.8, 4) is 0 Å². The van der Waals surface area contributed by atoms with Crippen LogP contribution in [0.15, 0.2) is 0 Å². The Morgan fingerprint density at radius 1 is 1.09 bits per heavy atom. The van der Waals surface area contributed by atoms with E-state index in [0.717, 1.165) is 6.42 Å². The van der Waals surface area contributed by atoms with Gasteiger partial charge in [0.15, 0.2) is 0 Å². The van der Waals surface area contributed by atoms with E-state index in [1.54, 1.807) is 0 Å². The highest BCUT2D eigenvalue weighted by atomic mass is 32.2. The lowest BCUT2D eigenvalue weighted by molar-refractivity contribution is -0.142. The number of hydrogen-bond acceptors (Lipinski definition) is 6. The summed E-state index contributed by atoms with van der Waals surface area (Å²) in [6.07, 6.45) is 3.95. The summed E-state index contributed by atoms with van der Waals surface area (Å²) in [4.78, 5) is 34.7. The van der Waals surface area contributed by atoms with Gasteiger partial charge in [0.1, 0.15) is 12.1 Å². The molecule has 8 nitrogen and oxygen atoms in total. The summed E-state index contributed by atoms with van der Waals surface area (Å²) in [6.45, 7) is 0.264. The molecule has 0 radical (unpaired) electrons. The van der Waals surface area contributed by atoms with E-state index in [9.17, 15) is 14.4 Å². The molecule has 0 aromatic rings. The number of nitrogens with one attached hydrogen (secondary N) is 2. The molecule has 0 saturated heterocycles. The highest BCUT2D eigenvalue weighted by Gasteiger charge is 2.25. The molecular weight excluding hydrogens is 308 g/mol. The Morgan fingerprint density at radius 3 is 2.27 bits per heavy atom. The van der Waals surface area contributed by atoms with Gasteiger partial charge in [0.25, 0.3) is 0 Å². The summed E-state index contributed by atoms with van der Waals surface area (Å²) >= 11 is 1.50. The van der Waals surface area contributed by atoms with Crippen LogP contribution in [0.5, 0.6) is 0 Å². The van der Waals surface area contributed by atoms with Gasteiger partial charge in [-0.25, -0.2) is 4.79 Å². The van der Waals surface area contributed by atoms with Crippen molar-refractivity contribution in [1.29, 1.82) is 0 Å². The predicted molar refractivity (Wildman–Crippen MR) is 86.5 cm³/mol. The largest absolute Gasteiger partial charge is 0.480 e. The van der Waals surface area contributed by atoms with Gasteiger partial charge in [0.05, 0.1) is 6.54 Å². The number of rotatable bonds is 12. The average molecular weight is 334 g/mol. The Bertz CT molecular complexity index is 368. The summed E-state index contributed by atoms with van der Waals surface area (Å²) in [5.41, 5.74) is 10.6. The van der Waals surface area contributed by atoms with Crippen LogP contribution < -0.4 is 22.1 Å². The van der Waals surface area contributed by atoms with Crippen molar-refractivity contribution < 1.29 is 19.5 Å². The van der Waals surface area contributed by atoms with Crippen molar-refractivity contribution in [3.63, 3.8) is 0 Å². The molecule has 0 spiro atoms. The summed E-state index contributed by atoms with van der Waals surface area (Å²) in [6, 6.07) is -1.76. The molecule has 0 saturated carbocycles. The van der Waals surface area contributed by atoms with Crippen LogP contribution in [0.4, 0.5) is 0 Å². The fourth-order valence-corrected chi connectivity index (χ4v) is 2.25. The third kappa shape index (κ3) is 8.85. The van der Waals surface area contributed by atoms with Gasteiger partial charge >= 0.3 is 5.97 Å². The molecule has 0 aromatic carbocycles. The number of thioether (sulfide) groups is 1. The van der Waals surface area contributed by atoms with E-state index in [0.29, 0.717) is 31.6 Å². The average Bonchev–Trinajstić information content (AvgIpc) is 2.49. The molecule has 0 unspecified atom stereocenters. The molecule has 0 aliphatic heterocycles. The summed E-state index contributed by atoms with van der Waals surface area (Å²) in [5, 5.41) is 14.1. The molecule has 0 heterocycles. The molecule has 0 aliphatic rings. The molecule has 0 aliphatic carbocycles. The van der Waals surface area contributed by atoms with Crippen LogP contribution in [0.3, 0.4) is 0 Å². The van der Waals surface area contributed by atoms with Gasteiger partial charge in [0, 0.05) is 0 Å². The molecule has 22 heavy (non-hydrogen) atoms. The van der Waals surface area contributed by atoms with E-state index >= 15 is 0 Å². The van der Waals surface area contributed by atoms with Crippen molar-refractivity contribution in [3.05, 3.63) is 0 Å². The molecular formula is C13H26N4O4S. The third-order valence-corrected chi connectivity index (χ3v) is 3.65.